The molecule has 2 aromatic carbocycles. The summed E-state index contributed by atoms with van der Waals surface area (Å²) in [5, 5.41) is 12.2. The van der Waals surface area contributed by atoms with Crippen LogP contribution in [0.4, 0.5) is 0 Å². The van der Waals surface area contributed by atoms with Crippen LogP contribution in [0.5, 0.6) is 0 Å². The predicted molar refractivity (Wildman–Crippen MR) is 110 cm³/mol. The van der Waals surface area contributed by atoms with Crippen molar-refractivity contribution in [2.45, 2.75) is 47.1 Å². The van der Waals surface area contributed by atoms with Gasteiger partial charge in [0.2, 0.25) is 6.19 Å². The number of nitriles is 1. The highest BCUT2D eigenvalue weighted by Crippen LogP contribution is 2.25. The van der Waals surface area contributed by atoms with Crippen LogP contribution in [-0.2, 0) is 0 Å². The fourth-order valence-corrected chi connectivity index (χ4v) is 3.22. The number of benzene rings is 2. The number of rotatable bonds is 2. The standard InChI is InChI=1S/C22H24ClN3O2/c1-14-10-15(2)12-17(11-14)20(27)26(22(4,5)6)25(13-24)21(28)18-8-7-9-19(23)16(18)3/h7-12H,1-6H3. The lowest BCUT2D eigenvalue weighted by atomic mass is 10.0. The summed E-state index contributed by atoms with van der Waals surface area (Å²) in [5.74, 6) is -1.02. The van der Waals surface area contributed by atoms with Crippen molar-refractivity contribution in [1.29, 1.82) is 5.26 Å². The molecule has 2 rings (SSSR count). The average Bonchev–Trinajstić information content (AvgIpc) is 2.59. The number of amides is 2. The minimum Gasteiger partial charge on any atom is -0.267 e. The summed E-state index contributed by atoms with van der Waals surface area (Å²) >= 11 is 6.13. The van der Waals surface area contributed by atoms with E-state index in [1.807, 2.05) is 26.1 Å². The zero-order valence-corrected chi connectivity index (χ0v) is 17.8. The molecular weight excluding hydrogens is 374 g/mol. The molecule has 0 saturated carbocycles. The van der Waals surface area contributed by atoms with Gasteiger partial charge in [0, 0.05) is 16.1 Å². The van der Waals surface area contributed by atoms with Crippen molar-refractivity contribution in [1.82, 2.24) is 10.0 Å². The number of aryl methyl sites for hydroxylation is 2. The summed E-state index contributed by atoms with van der Waals surface area (Å²) in [4.78, 5) is 26.5. The predicted octanol–water partition coefficient (Wildman–Crippen LogP) is 5.04. The Balaban J connectivity index is 2.57. The molecule has 0 spiro atoms. The molecule has 0 aliphatic carbocycles. The average molecular weight is 398 g/mol. The minimum atomic E-state index is -0.813. The molecule has 0 unspecified atom stereocenters. The maximum Gasteiger partial charge on any atom is 0.286 e. The largest absolute Gasteiger partial charge is 0.286 e. The van der Waals surface area contributed by atoms with Crippen LogP contribution in [-0.4, -0.2) is 27.4 Å². The van der Waals surface area contributed by atoms with Gasteiger partial charge in [0.05, 0.1) is 5.54 Å². The summed E-state index contributed by atoms with van der Waals surface area (Å²) < 4.78 is 0. The van der Waals surface area contributed by atoms with E-state index in [0.717, 1.165) is 16.1 Å². The highest BCUT2D eigenvalue weighted by Gasteiger charge is 2.37. The molecule has 2 amide bonds. The highest BCUT2D eigenvalue weighted by atomic mass is 35.5. The van der Waals surface area contributed by atoms with Crippen LogP contribution in [0.2, 0.25) is 5.02 Å². The van der Waals surface area contributed by atoms with Crippen molar-refractivity contribution in [3.63, 3.8) is 0 Å². The van der Waals surface area contributed by atoms with Gasteiger partial charge in [-0.05, 0) is 71.4 Å². The lowest BCUT2D eigenvalue weighted by molar-refractivity contribution is -0.0167. The van der Waals surface area contributed by atoms with Crippen LogP contribution in [0.1, 0.15) is 58.2 Å². The number of nitrogens with zero attached hydrogens (tertiary/aromatic N) is 3. The molecule has 0 aliphatic heterocycles. The lowest BCUT2D eigenvalue weighted by Gasteiger charge is -2.39. The van der Waals surface area contributed by atoms with Gasteiger partial charge in [0.15, 0.2) is 0 Å². The van der Waals surface area contributed by atoms with E-state index in [-0.39, 0.29) is 5.56 Å². The summed E-state index contributed by atoms with van der Waals surface area (Å²) in [5.41, 5.74) is 2.30. The normalized spacial score (nSPS) is 10.9. The molecule has 0 saturated heterocycles. The van der Waals surface area contributed by atoms with Crippen molar-refractivity contribution < 1.29 is 9.59 Å². The second-order valence-corrected chi connectivity index (χ2v) is 8.20. The minimum absolute atomic E-state index is 0.275. The van der Waals surface area contributed by atoms with Crippen molar-refractivity contribution in [2.75, 3.05) is 0 Å². The van der Waals surface area contributed by atoms with Crippen LogP contribution < -0.4 is 0 Å². The summed E-state index contributed by atoms with van der Waals surface area (Å²) in [6.45, 7) is 10.8. The maximum absolute atomic E-state index is 13.3. The van der Waals surface area contributed by atoms with Crippen LogP contribution >= 0.6 is 11.6 Å². The van der Waals surface area contributed by atoms with E-state index in [1.54, 1.807) is 58.0 Å². The van der Waals surface area contributed by atoms with Gasteiger partial charge < -0.3 is 0 Å². The molecule has 28 heavy (non-hydrogen) atoms. The second kappa shape index (κ2) is 8.04. The second-order valence-electron chi connectivity index (χ2n) is 7.79. The van der Waals surface area contributed by atoms with E-state index < -0.39 is 17.4 Å². The van der Waals surface area contributed by atoms with Gasteiger partial charge >= 0.3 is 0 Å². The topological polar surface area (TPSA) is 64.4 Å². The van der Waals surface area contributed by atoms with Gasteiger partial charge in [-0.2, -0.15) is 5.26 Å². The van der Waals surface area contributed by atoms with Crippen LogP contribution in [0, 0.1) is 32.2 Å². The third-order valence-electron chi connectivity index (χ3n) is 4.28. The van der Waals surface area contributed by atoms with Crippen LogP contribution in [0.25, 0.3) is 0 Å². The SMILES string of the molecule is Cc1cc(C)cc(C(=O)N(N(C#N)C(=O)c2cccc(Cl)c2C)C(C)(C)C)c1. The number of halogens is 1. The molecule has 0 atom stereocenters. The molecular formula is C22H24ClN3O2. The van der Waals surface area contributed by atoms with Gasteiger partial charge in [-0.1, -0.05) is 34.9 Å². The monoisotopic (exact) mass is 397 g/mol. The van der Waals surface area contributed by atoms with E-state index in [2.05, 4.69) is 0 Å². The molecule has 0 radical (unpaired) electrons. The Morgan fingerprint density at radius 1 is 1.00 bits per heavy atom. The van der Waals surface area contributed by atoms with Gasteiger partial charge in [-0.25, -0.2) is 5.01 Å². The van der Waals surface area contributed by atoms with Gasteiger partial charge in [0.25, 0.3) is 11.8 Å². The highest BCUT2D eigenvalue weighted by molar-refractivity contribution is 6.31. The fourth-order valence-electron chi connectivity index (χ4n) is 3.05. The Hall–Kier alpha value is -2.84. The summed E-state index contributed by atoms with van der Waals surface area (Å²) in [6.07, 6.45) is 1.88. The smallest absolute Gasteiger partial charge is 0.267 e. The first-order valence-corrected chi connectivity index (χ1v) is 9.27. The van der Waals surface area contributed by atoms with E-state index in [9.17, 15) is 14.9 Å². The third kappa shape index (κ3) is 4.35. The number of carbonyl (C=O) groups excluding carboxylic acids is 2. The van der Waals surface area contributed by atoms with E-state index in [0.29, 0.717) is 16.1 Å². The number of hydrogen-bond acceptors (Lipinski definition) is 3. The molecule has 0 bridgehead atoms. The molecule has 6 heteroatoms. The molecule has 0 heterocycles. The van der Waals surface area contributed by atoms with Crippen molar-refractivity contribution in [3.8, 4) is 6.19 Å². The summed E-state index contributed by atoms with van der Waals surface area (Å²) in [6, 6.07) is 10.4. The Kier molecular flexibility index (Phi) is 6.16. The zero-order chi connectivity index (χ0) is 21.2. The van der Waals surface area contributed by atoms with Crippen molar-refractivity contribution in [2.24, 2.45) is 0 Å². The Bertz CT molecular complexity index is 950. The summed E-state index contributed by atoms with van der Waals surface area (Å²) in [7, 11) is 0. The van der Waals surface area contributed by atoms with Crippen molar-refractivity contribution >= 4 is 23.4 Å². The maximum atomic E-state index is 13.3. The Morgan fingerprint density at radius 3 is 2.07 bits per heavy atom. The van der Waals surface area contributed by atoms with E-state index >= 15 is 0 Å². The van der Waals surface area contributed by atoms with E-state index in [1.165, 1.54) is 5.01 Å². The molecule has 2 aromatic rings. The molecule has 0 aromatic heterocycles. The first-order valence-electron chi connectivity index (χ1n) is 8.89. The molecule has 146 valence electrons. The first-order chi connectivity index (χ1) is 13.0. The molecule has 0 aliphatic rings. The molecule has 5 nitrogen and oxygen atoms in total. The first kappa shape index (κ1) is 21.5. The van der Waals surface area contributed by atoms with Crippen LogP contribution in [0.15, 0.2) is 36.4 Å². The fraction of sp³-hybridized carbons (Fsp3) is 0.318. The third-order valence-corrected chi connectivity index (χ3v) is 4.69. The Labute approximate surface area is 171 Å². The van der Waals surface area contributed by atoms with E-state index in [4.69, 9.17) is 11.6 Å². The van der Waals surface area contributed by atoms with Gasteiger partial charge in [-0.15, -0.1) is 5.01 Å². The lowest BCUT2D eigenvalue weighted by Crippen LogP contribution is -2.56. The van der Waals surface area contributed by atoms with Gasteiger partial charge in [-0.3, -0.25) is 9.59 Å². The quantitative estimate of drug-likeness (QED) is 0.405. The number of hydrazine groups is 1. The van der Waals surface area contributed by atoms with Gasteiger partial charge in [0.1, 0.15) is 0 Å². The molecule has 0 N–H and O–H groups in total. The van der Waals surface area contributed by atoms with Crippen molar-refractivity contribution in [3.05, 3.63) is 69.2 Å². The number of carbonyl (C=O) groups is 2. The zero-order valence-electron chi connectivity index (χ0n) is 17.0. The Morgan fingerprint density at radius 2 is 1.57 bits per heavy atom. The van der Waals surface area contributed by atoms with Crippen LogP contribution in [0.3, 0.4) is 0 Å². The number of hydrogen-bond donors (Lipinski definition) is 0. The molecule has 0 fully saturated rings.